The minimum absolute atomic E-state index is 0.0512. The molecule has 126 valence electrons. The zero-order valence-corrected chi connectivity index (χ0v) is 14.4. The van der Waals surface area contributed by atoms with Crippen molar-refractivity contribution in [3.05, 3.63) is 29.6 Å². The first-order valence-electron chi connectivity index (χ1n) is 7.88. The predicted molar refractivity (Wildman–Crippen MR) is 91.2 cm³/mol. The van der Waals surface area contributed by atoms with Crippen LogP contribution in [0, 0.1) is 5.82 Å². The Bertz CT molecular complexity index is 406. The number of benzene rings is 1. The first-order chi connectivity index (χ1) is 10.7. The van der Waals surface area contributed by atoms with Gasteiger partial charge in [-0.3, -0.25) is 0 Å². The average Bonchev–Trinajstić information content (AvgIpc) is 2.57. The van der Waals surface area contributed by atoms with Gasteiger partial charge in [0, 0.05) is 27.3 Å². The van der Waals surface area contributed by atoms with Crippen molar-refractivity contribution in [2.75, 3.05) is 32.2 Å². The minimum Gasteiger partial charge on any atom is -0.388 e. The molecule has 0 amide bonds. The Kier molecular flexibility index (Phi) is 11.4. The summed E-state index contributed by atoms with van der Waals surface area (Å²) >= 11 is 0. The molecular weight excluding hydrogens is 281 g/mol. The number of halogens is 1. The molecule has 1 aromatic rings. The molecule has 0 aromatic heterocycles. The van der Waals surface area contributed by atoms with Crippen molar-refractivity contribution in [3.63, 3.8) is 0 Å². The molecule has 1 heterocycles. The van der Waals surface area contributed by atoms with Crippen molar-refractivity contribution in [2.24, 2.45) is 0 Å². The van der Waals surface area contributed by atoms with Crippen LogP contribution in [0.3, 0.4) is 0 Å². The maximum Gasteiger partial charge on any atom is 0.146 e. The summed E-state index contributed by atoms with van der Waals surface area (Å²) in [6.45, 7) is 8.35. The molecule has 0 N–H and O–H groups in total. The highest BCUT2D eigenvalue weighted by molar-refractivity contribution is 5.56. The van der Waals surface area contributed by atoms with Gasteiger partial charge in [-0.1, -0.05) is 26.0 Å². The molecule has 1 unspecified atom stereocenters. The number of methoxy groups -OCH3 is 1. The van der Waals surface area contributed by atoms with E-state index >= 15 is 0 Å². The van der Waals surface area contributed by atoms with E-state index in [4.69, 9.17) is 4.79 Å². The molecule has 0 aliphatic carbocycles. The largest absolute Gasteiger partial charge is 0.388 e. The van der Waals surface area contributed by atoms with E-state index in [1.165, 1.54) is 24.8 Å². The molecule has 1 saturated heterocycles. The molecule has 1 fully saturated rings. The lowest BCUT2D eigenvalue weighted by atomic mass is 9.95. The van der Waals surface area contributed by atoms with Crippen LogP contribution in [0.1, 0.15) is 51.0 Å². The Morgan fingerprint density at radius 2 is 1.77 bits per heavy atom. The van der Waals surface area contributed by atoms with Crippen molar-refractivity contribution < 1.29 is 13.9 Å². The Morgan fingerprint density at radius 3 is 2.27 bits per heavy atom. The van der Waals surface area contributed by atoms with Crippen LogP contribution in [0.25, 0.3) is 0 Å². The van der Waals surface area contributed by atoms with Gasteiger partial charge in [-0.15, -0.1) is 0 Å². The van der Waals surface area contributed by atoms with Crippen LogP contribution >= 0.6 is 0 Å². The highest BCUT2D eigenvalue weighted by Crippen LogP contribution is 2.33. The van der Waals surface area contributed by atoms with E-state index in [9.17, 15) is 4.39 Å². The van der Waals surface area contributed by atoms with Crippen molar-refractivity contribution in [3.8, 4) is 0 Å². The van der Waals surface area contributed by atoms with E-state index in [2.05, 4.69) is 29.6 Å². The third-order valence-electron chi connectivity index (χ3n) is 3.83. The van der Waals surface area contributed by atoms with Crippen molar-refractivity contribution in [1.82, 2.24) is 0 Å². The Balaban J connectivity index is 0.000000789. The summed E-state index contributed by atoms with van der Waals surface area (Å²) in [6, 6.07) is 5.52. The first kappa shape index (κ1) is 20.6. The fourth-order valence-electron chi connectivity index (χ4n) is 2.60. The monoisotopic (exact) mass is 311 g/mol. The smallest absolute Gasteiger partial charge is 0.146 e. The van der Waals surface area contributed by atoms with Gasteiger partial charge in [-0.05, 0) is 43.2 Å². The fraction of sp³-hybridized carbons (Fsp3) is 0.611. The normalized spacial score (nSPS) is 15.0. The first-order valence-corrected chi connectivity index (χ1v) is 7.88. The molecule has 1 atom stereocenters. The standard InChI is InChI=1S/C15H22FN.C2H6O.CH2O/c1-3-12(2)13-8-7-9-14(16)15(13)17-10-5-4-6-11-17;1-3-2;1-2/h7-9,12H,3-6,10-11H2,1-2H3;1-2H3;1H2. The molecule has 0 spiro atoms. The second-order valence-corrected chi connectivity index (χ2v) is 5.44. The third kappa shape index (κ3) is 6.14. The molecule has 4 heteroatoms. The highest BCUT2D eigenvalue weighted by Gasteiger charge is 2.20. The van der Waals surface area contributed by atoms with E-state index in [1.807, 2.05) is 12.9 Å². The number of hydrogen-bond donors (Lipinski definition) is 0. The zero-order chi connectivity index (χ0) is 17.0. The number of para-hydroxylation sites is 1. The van der Waals surface area contributed by atoms with E-state index in [-0.39, 0.29) is 5.82 Å². The Hall–Kier alpha value is -1.42. The Labute approximate surface area is 134 Å². The van der Waals surface area contributed by atoms with E-state index in [1.54, 1.807) is 20.3 Å². The van der Waals surface area contributed by atoms with Gasteiger partial charge in [0.15, 0.2) is 0 Å². The van der Waals surface area contributed by atoms with Crippen molar-refractivity contribution in [1.29, 1.82) is 0 Å². The van der Waals surface area contributed by atoms with Crippen LogP contribution in [-0.2, 0) is 9.53 Å². The maximum absolute atomic E-state index is 14.1. The molecule has 1 aromatic carbocycles. The van der Waals surface area contributed by atoms with E-state index in [0.717, 1.165) is 25.2 Å². The summed E-state index contributed by atoms with van der Waals surface area (Å²) in [7, 11) is 3.25. The molecule has 1 aliphatic heterocycles. The SMILES string of the molecule is C=O.CCC(C)c1cccc(F)c1N1CCCCC1.COC. The summed E-state index contributed by atoms with van der Waals surface area (Å²) in [6.07, 6.45) is 4.72. The topological polar surface area (TPSA) is 29.5 Å². The van der Waals surface area contributed by atoms with Gasteiger partial charge in [-0.25, -0.2) is 4.39 Å². The van der Waals surface area contributed by atoms with Gasteiger partial charge in [0.1, 0.15) is 12.6 Å². The quantitative estimate of drug-likeness (QED) is 0.828. The summed E-state index contributed by atoms with van der Waals surface area (Å²) in [5.41, 5.74) is 2.04. The molecule has 22 heavy (non-hydrogen) atoms. The number of nitrogens with zero attached hydrogens (tertiary/aromatic N) is 1. The lowest BCUT2D eigenvalue weighted by Gasteiger charge is -2.32. The van der Waals surface area contributed by atoms with Crippen LogP contribution in [0.15, 0.2) is 18.2 Å². The molecule has 0 bridgehead atoms. The number of piperidine rings is 1. The number of carbonyl (C=O) groups is 1. The third-order valence-corrected chi connectivity index (χ3v) is 3.83. The van der Waals surface area contributed by atoms with Crippen LogP contribution in [-0.4, -0.2) is 34.1 Å². The Morgan fingerprint density at radius 1 is 1.23 bits per heavy atom. The van der Waals surface area contributed by atoms with Crippen molar-refractivity contribution in [2.45, 2.75) is 45.4 Å². The van der Waals surface area contributed by atoms with Crippen LogP contribution in [0.4, 0.5) is 10.1 Å². The second-order valence-electron chi connectivity index (χ2n) is 5.44. The molecular formula is C18H30FNO2. The van der Waals surface area contributed by atoms with Gasteiger partial charge < -0.3 is 14.4 Å². The van der Waals surface area contributed by atoms with Gasteiger partial charge in [0.2, 0.25) is 0 Å². The van der Waals surface area contributed by atoms with Crippen molar-refractivity contribution >= 4 is 12.5 Å². The van der Waals surface area contributed by atoms with E-state index < -0.39 is 0 Å². The number of rotatable bonds is 3. The average molecular weight is 311 g/mol. The number of anilines is 1. The summed E-state index contributed by atoms with van der Waals surface area (Å²) in [5.74, 6) is 0.382. The van der Waals surface area contributed by atoms with Crippen LogP contribution in [0.5, 0.6) is 0 Å². The number of hydrogen-bond acceptors (Lipinski definition) is 3. The predicted octanol–water partition coefficient (Wildman–Crippen LogP) is 4.41. The minimum atomic E-state index is -0.0512. The summed E-state index contributed by atoms with van der Waals surface area (Å²) in [4.78, 5) is 10.2. The number of carbonyl (C=O) groups excluding carboxylic acids is 1. The summed E-state index contributed by atoms with van der Waals surface area (Å²) < 4.78 is 18.3. The van der Waals surface area contributed by atoms with Gasteiger partial charge in [0.05, 0.1) is 5.69 Å². The molecule has 1 aliphatic rings. The fourth-order valence-corrected chi connectivity index (χ4v) is 2.60. The van der Waals surface area contributed by atoms with Crippen LogP contribution in [0.2, 0.25) is 0 Å². The maximum atomic E-state index is 14.1. The molecule has 0 radical (unpaired) electrons. The lowest BCUT2D eigenvalue weighted by Crippen LogP contribution is -2.31. The van der Waals surface area contributed by atoms with Gasteiger partial charge >= 0.3 is 0 Å². The molecule has 3 nitrogen and oxygen atoms in total. The van der Waals surface area contributed by atoms with Gasteiger partial charge in [0.25, 0.3) is 0 Å². The highest BCUT2D eigenvalue weighted by atomic mass is 19.1. The van der Waals surface area contributed by atoms with Crippen LogP contribution < -0.4 is 4.90 Å². The van der Waals surface area contributed by atoms with E-state index in [0.29, 0.717) is 5.92 Å². The number of ether oxygens (including phenoxy) is 1. The molecule has 0 saturated carbocycles. The second kappa shape index (κ2) is 12.2. The lowest BCUT2D eigenvalue weighted by molar-refractivity contribution is -0.0979. The molecule has 2 rings (SSSR count). The summed E-state index contributed by atoms with van der Waals surface area (Å²) in [5, 5.41) is 0. The van der Waals surface area contributed by atoms with Gasteiger partial charge in [-0.2, -0.15) is 0 Å². The zero-order valence-electron chi connectivity index (χ0n) is 14.4.